The quantitative estimate of drug-likeness (QED) is 0.804. The Bertz CT molecular complexity index is 591. The molecule has 0 aliphatic rings. The van der Waals surface area contributed by atoms with E-state index in [4.69, 9.17) is 5.14 Å². The molecule has 1 amide bonds. The third-order valence-corrected chi connectivity index (χ3v) is 5.98. The van der Waals surface area contributed by atoms with Crippen LogP contribution in [-0.4, -0.2) is 20.4 Å². The number of thiophene rings is 1. The van der Waals surface area contributed by atoms with Crippen LogP contribution in [0, 0.1) is 12.8 Å². The minimum atomic E-state index is -3.76. The number of sulfonamides is 1. The van der Waals surface area contributed by atoms with Crippen LogP contribution in [0.25, 0.3) is 0 Å². The van der Waals surface area contributed by atoms with E-state index in [1.165, 1.54) is 0 Å². The number of hydrogen-bond donors (Lipinski definition) is 2. The SMILES string of the molecule is Cc1c(C(=O)NC(C)CCCC(C)C)csc1S(N)(=O)=O. The predicted molar refractivity (Wildman–Crippen MR) is 86.0 cm³/mol. The van der Waals surface area contributed by atoms with Crippen molar-refractivity contribution in [3.8, 4) is 0 Å². The second kappa shape index (κ2) is 7.38. The standard InChI is InChI=1S/C14H24N2O3S2/c1-9(2)6-5-7-10(3)16-13(17)12-8-20-14(11(12)4)21(15,18)19/h8-10H,5-7H2,1-4H3,(H,16,17)(H2,15,18,19). The maximum Gasteiger partial charge on any atom is 0.252 e. The highest BCUT2D eigenvalue weighted by Crippen LogP contribution is 2.25. The van der Waals surface area contributed by atoms with Gasteiger partial charge in [0.25, 0.3) is 5.91 Å². The zero-order chi connectivity index (χ0) is 16.2. The van der Waals surface area contributed by atoms with E-state index in [-0.39, 0.29) is 16.2 Å². The zero-order valence-electron chi connectivity index (χ0n) is 13.0. The van der Waals surface area contributed by atoms with Crippen molar-refractivity contribution in [1.29, 1.82) is 0 Å². The number of primary sulfonamides is 1. The highest BCUT2D eigenvalue weighted by molar-refractivity contribution is 7.91. The molecule has 0 saturated carbocycles. The average Bonchev–Trinajstić information content (AvgIpc) is 2.70. The maximum absolute atomic E-state index is 12.2. The Balaban J connectivity index is 2.66. The summed E-state index contributed by atoms with van der Waals surface area (Å²) in [7, 11) is -3.76. The molecule has 1 heterocycles. The van der Waals surface area contributed by atoms with Crippen LogP contribution in [0.3, 0.4) is 0 Å². The van der Waals surface area contributed by atoms with Gasteiger partial charge in [-0.1, -0.05) is 26.7 Å². The van der Waals surface area contributed by atoms with Gasteiger partial charge in [-0.2, -0.15) is 0 Å². The minimum Gasteiger partial charge on any atom is -0.350 e. The molecule has 120 valence electrons. The predicted octanol–water partition coefficient (Wildman–Crippen LogP) is 2.65. The Hall–Kier alpha value is -0.920. The van der Waals surface area contributed by atoms with Crippen LogP contribution in [0.15, 0.2) is 9.59 Å². The van der Waals surface area contributed by atoms with Gasteiger partial charge < -0.3 is 5.32 Å². The number of rotatable bonds is 7. The lowest BCUT2D eigenvalue weighted by molar-refractivity contribution is 0.0937. The summed E-state index contributed by atoms with van der Waals surface area (Å²) in [6.07, 6.45) is 3.10. The van der Waals surface area contributed by atoms with Crippen LogP contribution in [0.5, 0.6) is 0 Å². The Morgan fingerprint density at radius 3 is 2.43 bits per heavy atom. The molecule has 0 spiro atoms. The Morgan fingerprint density at radius 1 is 1.33 bits per heavy atom. The molecular formula is C14H24N2O3S2. The molecule has 0 bridgehead atoms. The monoisotopic (exact) mass is 332 g/mol. The van der Waals surface area contributed by atoms with Crippen LogP contribution in [-0.2, 0) is 10.0 Å². The summed E-state index contributed by atoms with van der Waals surface area (Å²) in [5.41, 5.74) is 0.814. The second-order valence-corrected chi connectivity index (χ2v) is 8.44. The molecule has 0 fully saturated rings. The molecular weight excluding hydrogens is 308 g/mol. The summed E-state index contributed by atoms with van der Waals surface area (Å²) < 4.78 is 22.8. The first-order chi connectivity index (χ1) is 9.62. The fraction of sp³-hybridized carbons (Fsp3) is 0.643. The van der Waals surface area contributed by atoms with Crippen LogP contribution < -0.4 is 10.5 Å². The van der Waals surface area contributed by atoms with Crippen molar-refractivity contribution in [2.75, 3.05) is 0 Å². The summed E-state index contributed by atoms with van der Waals surface area (Å²) in [5, 5.41) is 9.57. The highest BCUT2D eigenvalue weighted by Gasteiger charge is 2.21. The summed E-state index contributed by atoms with van der Waals surface area (Å²) in [5.74, 6) is 0.417. The normalized spacial score (nSPS) is 13.4. The highest BCUT2D eigenvalue weighted by atomic mass is 32.2. The summed E-state index contributed by atoms with van der Waals surface area (Å²) in [6, 6.07) is 0.0634. The zero-order valence-corrected chi connectivity index (χ0v) is 14.6. The molecule has 1 aromatic heterocycles. The third-order valence-electron chi connectivity index (χ3n) is 3.29. The first kappa shape index (κ1) is 18.1. The number of nitrogens with one attached hydrogen (secondary N) is 1. The summed E-state index contributed by atoms with van der Waals surface area (Å²) in [4.78, 5) is 12.2. The molecule has 1 aromatic rings. The molecule has 0 aliphatic carbocycles. The van der Waals surface area contributed by atoms with Crippen molar-refractivity contribution in [1.82, 2.24) is 5.32 Å². The lowest BCUT2D eigenvalue weighted by Crippen LogP contribution is -2.32. The van der Waals surface area contributed by atoms with E-state index in [0.29, 0.717) is 17.0 Å². The first-order valence-corrected chi connectivity index (χ1v) is 9.47. The van der Waals surface area contributed by atoms with E-state index in [1.54, 1.807) is 12.3 Å². The first-order valence-electron chi connectivity index (χ1n) is 7.04. The average molecular weight is 332 g/mol. The smallest absolute Gasteiger partial charge is 0.252 e. The molecule has 1 unspecified atom stereocenters. The fourth-order valence-electron chi connectivity index (χ4n) is 2.11. The number of nitrogens with two attached hydrogens (primary N) is 1. The van der Waals surface area contributed by atoms with E-state index < -0.39 is 10.0 Å². The van der Waals surface area contributed by atoms with E-state index >= 15 is 0 Å². The number of carbonyl (C=O) groups is 1. The molecule has 0 saturated heterocycles. The molecule has 7 heteroatoms. The molecule has 1 rings (SSSR count). The van der Waals surface area contributed by atoms with Crippen LogP contribution in [0.2, 0.25) is 0 Å². The summed E-state index contributed by atoms with van der Waals surface area (Å²) in [6.45, 7) is 7.91. The molecule has 5 nitrogen and oxygen atoms in total. The van der Waals surface area contributed by atoms with Crippen LogP contribution in [0.1, 0.15) is 56.0 Å². The maximum atomic E-state index is 12.2. The Labute approximate surface area is 131 Å². The number of hydrogen-bond acceptors (Lipinski definition) is 4. The third kappa shape index (κ3) is 5.41. The second-order valence-electron chi connectivity index (χ2n) is 5.81. The fourth-order valence-corrected chi connectivity index (χ4v) is 4.12. The molecule has 3 N–H and O–H groups in total. The van der Waals surface area contributed by atoms with Crippen LogP contribution in [0.4, 0.5) is 0 Å². The van der Waals surface area contributed by atoms with Gasteiger partial charge >= 0.3 is 0 Å². The van der Waals surface area contributed by atoms with Crippen molar-refractivity contribution in [3.05, 3.63) is 16.5 Å². The van der Waals surface area contributed by atoms with Gasteiger partial charge in [-0.05, 0) is 31.7 Å². The topological polar surface area (TPSA) is 89.3 Å². The molecule has 0 aromatic carbocycles. The van der Waals surface area contributed by atoms with Gasteiger partial charge in [-0.15, -0.1) is 11.3 Å². The molecule has 0 aliphatic heterocycles. The van der Waals surface area contributed by atoms with Gasteiger partial charge in [-0.25, -0.2) is 13.6 Å². The van der Waals surface area contributed by atoms with Crippen LogP contribution >= 0.6 is 11.3 Å². The molecule has 1 atom stereocenters. The van der Waals surface area contributed by atoms with Gasteiger partial charge in [0.05, 0.1) is 5.56 Å². The lowest BCUT2D eigenvalue weighted by Gasteiger charge is -2.14. The summed E-state index contributed by atoms with van der Waals surface area (Å²) >= 11 is 0.986. The molecule has 21 heavy (non-hydrogen) atoms. The van der Waals surface area contributed by atoms with E-state index in [9.17, 15) is 13.2 Å². The van der Waals surface area contributed by atoms with Crippen molar-refractivity contribution >= 4 is 27.3 Å². The number of carbonyl (C=O) groups excluding carboxylic acids is 1. The van der Waals surface area contributed by atoms with Gasteiger partial charge in [0.15, 0.2) is 0 Å². The minimum absolute atomic E-state index is 0.0557. The Kier molecular flexibility index (Phi) is 6.37. The molecule has 0 radical (unpaired) electrons. The Morgan fingerprint density at radius 2 is 1.95 bits per heavy atom. The van der Waals surface area contributed by atoms with Crippen molar-refractivity contribution < 1.29 is 13.2 Å². The van der Waals surface area contributed by atoms with Crippen molar-refractivity contribution in [3.63, 3.8) is 0 Å². The largest absolute Gasteiger partial charge is 0.350 e. The van der Waals surface area contributed by atoms with E-state index in [1.807, 2.05) is 6.92 Å². The van der Waals surface area contributed by atoms with Gasteiger partial charge in [0.2, 0.25) is 10.0 Å². The van der Waals surface area contributed by atoms with Gasteiger partial charge in [0, 0.05) is 11.4 Å². The van der Waals surface area contributed by atoms with Gasteiger partial charge in [-0.3, -0.25) is 4.79 Å². The van der Waals surface area contributed by atoms with Crippen molar-refractivity contribution in [2.24, 2.45) is 11.1 Å². The van der Waals surface area contributed by atoms with E-state index in [0.717, 1.165) is 30.6 Å². The number of amides is 1. The van der Waals surface area contributed by atoms with E-state index in [2.05, 4.69) is 19.2 Å². The van der Waals surface area contributed by atoms with Crippen molar-refractivity contribution in [2.45, 2.75) is 57.2 Å². The van der Waals surface area contributed by atoms with Gasteiger partial charge in [0.1, 0.15) is 4.21 Å². The lowest BCUT2D eigenvalue weighted by atomic mass is 10.0.